The molecule has 2 aromatic heterocycles. The van der Waals surface area contributed by atoms with E-state index in [-0.39, 0.29) is 5.25 Å². The first kappa shape index (κ1) is 19.8. The highest BCUT2D eigenvalue weighted by Gasteiger charge is 2.20. The molecule has 0 bridgehead atoms. The molecule has 0 aliphatic carbocycles. The first-order valence-corrected chi connectivity index (χ1v) is 11.7. The highest BCUT2D eigenvalue weighted by atomic mass is 32.2. The van der Waals surface area contributed by atoms with E-state index in [4.69, 9.17) is 4.74 Å². The van der Waals surface area contributed by atoms with Crippen LogP contribution in [0.3, 0.4) is 0 Å². The standard InChI is InChI=1S/C23H23N5O2S/c29-31(20-11-13-30-14-12-20)16-17-5-4-8-19(15-17)24-21-9-10-22-25-26-23(28(22)27-21)18-6-2-1-3-7-18/h1-10,15,20H,11-14,16H2,(H,24,27). The number of nitrogens with zero attached hydrogens (tertiary/aromatic N) is 4. The molecule has 1 unspecified atom stereocenters. The molecule has 0 radical (unpaired) electrons. The average molecular weight is 434 g/mol. The van der Waals surface area contributed by atoms with Gasteiger partial charge in [-0.3, -0.25) is 4.21 Å². The maximum Gasteiger partial charge on any atom is 0.185 e. The number of anilines is 2. The molecule has 0 amide bonds. The van der Waals surface area contributed by atoms with Crippen LogP contribution in [0, 0.1) is 0 Å². The van der Waals surface area contributed by atoms with Crippen LogP contribution in [0.1, 0.15) is 18.4 Å². The predicted molar refractivity (Wildman–Crippen MR) is 122 cm³/mol. The fourth-order valence-electron chi connectivity index (χ4n) is 3.73. The van der Waals surface area contributed by atoms with Gasteiger partial charge in [-0.15, -0.1) is 15.3 Å². The van der Waals surface area contributed by atoms with Crippen LogP contribution in [0.4, 0.5) is 11.5 Å². The van der Waals surface area contributed by atoms with Gasteiger partial charge in [-0.1, -0.05) is 42.5 Å². The van der Waals surface area contributed by atoms with Crippen molar-refractivity contribution in [2.45, 2.75) is 23.8 Å². The second-order valence-electron chi connectivity index (χ2n) is 7.54. The zero-order valence-electron chi connectivity index (χ0n) is 17.0. The Hall–Kier alpha value is -3.10. The number of fused-ring (bicyclic) bond motifs is 1. The van der Waals surface area contributed by atoms with Crippen LogP contribution in [-0.4, -0.2) is 42.5 Å². The van der Waals surface area contributed by atoms with Gasteiger partial charge in [0.2, 0.25) is 0 Å². The van der Waals surface area contributed by atoms with Crippen LogP contribution in [0.15, 0.2) is 66.7 Å². The van der Waals surface area contributed by atoms with Gasteiger partial charge in [-0.05, 0) is 42.7 Å². The monoisotopic (exact) mass is 433 g/mol. The van der Waals surface area contributed by atoms with Crippen molar-refractivity contribution >= 4 is 28.0 Å². The molecule has 1 saturated heterocycles. The van der Waals surface area contributed by atoms with Crippen LogP contribution >= 0.6 is 0 Å². The van der Waals surface area contributed by atoms with Crippen molar-refractivity contribution in [1.29, 1.82) is 0 Å². The van der Waals surface area contributed by atoms with Crippen molar-refractivity contribution in [2.24, 2.45) is 0 Å². The molecule has 158 valence electrons. The van der Waals surface area contributed by atoms with Crippen LogP contribution in [-0.2, 0) is 21.3 Å². The summed E-state index contributed by atoms with van der Waals surface area (Å²) in [7, 11) is -0.894. The van der Waals surface area contributed by atoms with Gasteiger partial charge in [-0.2, -0.15) is 4.52 Å². The van der Waals surface area contributed by atoms with Gasteiger partial charge >= 0.3 is 0 Å². The maximum absolute atomic E-state index is 12.7. The van der Waals surface area contributed by atoms with Gasteiger partial charge < -0.3 is 10.1 Å². The summed E-state index contributed by atoms with van der Waals surface area (Å²) in [6.07, 6.45) is 1.74. The number of hydrogen-bond donors (Lipinski definition) is 1. The topological polar surface area (TPSA) is 81.4 Å². The van der Waals surface area contributed by atoms with Gasteiger partial charge in [0.05, 0.1) is 0 Å². The Labute approximate surface area is 182 Å². The Kier molecular flexibility index (Phi) is 5.73. The van der Waals surface area contributed by atoms with Gasteiger partial charge in [0.25, 0.3) is 0 Å². The van der Waals surface area contributed by atoms with Crippen LogP contribution in [0.5, 0.6) is 0 Å². The molecule has 1 atom stereocenters. The molecule has 2 aromatic carbocycles. The molecule has 4 aromatic rings. The second kappa shape index (κ2) is 8.95. The van der Waals surface area contributed by atoms with Crippen molar-refractivity contribution in [2.75, 3.05) is 18.5 Å². The normalized spacial score (nSPS) is 15.7. The first-order chi connectivity index (χ1) is 15.3. The molecule has 8 heteroatoms. The van der Waals surface area contributed by atoms with E-state index in [1.807, 2.05) is 66.7 Å². The number of aromatic nitrogens is 4. The third kappa shape index (κ3) is 4.50. The van der Waals surface area contributed by atoms with Crippen LogP contribution in [0.25, 0.3) is 17.0 Å². The largest absolute Gasteiger partial charge is 0.381 e. The molecule has 3 heterocycles. The van der Waals surface area contributed by atoms with Gasteiger partial charge in [0, 0.05) is 46.3 Å². The van der Waals surface area contributed by atoms with Crippen LogP contribution in [0.2, 0.25) is 0 Å². The molecule has 31 heavy (non-hydrogen) atoms. The summed E-state index contributed by atoms with van der Waals surface area (Å²) in [5.74, 6) is 1.93. The SMILES string of the molecule is O=S(Cc1cccc(Nc2ccc3nnc(-c4ccccc4)n3n2)c1)C1CCOCC1. The van der Waals surface area contributed by atoms with Gasteiger partial charge in [0.1, 0.15) is 0 Å². The van der Waals surface area contributed by atoms with Gasteiger partial charge in [0.15, 0.2) is 17.3 Å². The molecule has 7 nitrogen and oxygen atoms in total. The number of nitrogens with one attached hydrogen (secondary N) is 1. The summed E-state index contributed by atoms with van der Waals surface area (Å²) in [4.78, 5) is 0. The molecule has 1 fully saturated rings. The number of ether oxygens (including phenoxy) is 1. The lowest BCUT2D eigenvalue weighted by atomic mass is 10.2. The molecule has 1 aliphatic heterocycles. The van der Waals surface area contributed by atoms with Crippen molar-refractivity contribution < 1.29 is 8.95 Å². The zero-order valence-corrected chi connectivity index (χ0v) is 17.8. The molecular weight excluding hydrogens is 410 g/mol. The molecule has 1 N–H and O–H groups in total. The Morgan fingerprint density at radius 2 is 1.84 bits per heavy atom. The molecule has 5 rings (SSSR count). The molecule has 1 aliphatic rings. The third-order valence-electron chi connectivity index (χ3n) is 5.34. The third-order valence-corrected chi connectivity index (χ3v) is 7.18. The van der Waals surface area contributed by atoms with Crippen molar-refractivity contribution in [3.63, 3.8) is 0 Å². The number of hydrogen-bond acceptors (Lipinski definition) is 6. The highest BCUT2D eigenvalue weighted by Crippen LogP contribution is 2.22. The van der Waals surface area contributed by atoms with E-state index in [1.54, 1.807) is 4.52 Å². The Morgan fingerprint density at radius 3 is 2.68 bits per heavy atom. The summed E-state index contributed by atoms with van der Waals surface area (Å²) in [6.45, 7) is 1.42. The summed E-state index contributed by atoms with van der Waals surface area (Å²) < 4.78 is 19.9. The Morgan fingerprint density at radius 1 is 1.00 bits per heavy atom. The minimum Gasteiger partial charge on any atom is -0.381 e. The maximum atomic E-state index is 12.7. The van der Waals surface area contributed by atoms with Gasteiger partial charge in [-0.25, -0.2) is 0 Å². The lowest BCUT2D eigenvalue weighted by Gasteiger charge is -2.21. The highest BCUT2D eigenvalue weighted by molar-refractivity contribution is 7.84. The van der Waals surface area contributed by atoms with E-state index in [0.29, 0.717) is 36.3 Å². The summed E-state index contributed by atoms with van der Waals surface area (Å²) in [5.41, 5.74) is 3.59. The lowest BCUT2D eigenvalue weighted by Crippen LogP contribution is -2.25. The van der Waals surface area contributed by atoms with Crippen molar-refractivity contribution in [3.8, 4) is 11.4 Å². The van der Waals surface area contributed by atoms with Crippen LogP contribution < -0.4 is 5.32 Å². The van der Waals surface area contributed by atoms with Crippen molar-refractivity contribution in [3.05, 3.63) is 72.3 Å². The average Bonchev–Trinajstić information content (AvgIpc) is 3.24. The number of benzene rings is 2. The lowest BCUT2D eigenvalue weighted by molar-refractivity contribution is 0.0992. The minimum atomic E-state index is -0.894. The molecular formula is C23H23N5O2S. The first-order valence-electron chi connectivity index (χ1n) is 10.3. The number of rotatable bonds is 6. The Balaban J connectivity index is 1.35. The van der Waals surface area contributed by atoms with E-state index in [0.717, 1.165) is 29.7 Å². The van der Waals surface area contributed by atoms with E-state index >= 15 is 0 Å². The van der Waals surface area contributed by atoms with E-state index in [1.165, 1.54) is 0 Å². The van der Waals surface area contributed by atoms with E-state index in [9.17, 15) is 4.21 Å². The smallest absolute Gasteiger partial charge is 0.185 e. The zero-order chi connectivity index (χ0) is 21.0. The fraction of sp³-hybridized carbons (Fsp3) is 0.261. The quantitative estimate of drug-likeness (QED) is 0.496. The Bertz CT molecular complexity index is 1210. The molecule has 0 spiro atoms. The summed E-state index contributed by atoms with van der Waals surface area (Å²) in [5, 5.41) is 16.7. The predicted octanol–water partition coefficient (Wildman–Crippen LogP) is 3.96. The molecule has 0 saturated carbocycles. The van der Waals surface area contributed by atoms with E-state index < -0.39 is 10.8 Å². The minimum absolute atomic E-state index is 0.222. The van der Waals surface area contributed by atoms with E-state index in [2.05, 4.69) is 20.6 Å². The summed E-state index contributed by atoms with van der Waals surface area (Å²) >= 11 is 0. The summed E-state index contributed by atoms with van der Waals surface area (Å²) in [6, 6.07) is 21.7. The fourth-order valence-corrected chi connectivity index (χ4v) is 5.19. The van der Waals surface area contributed by atoms with Crippen molar-refractivity contribution in [1.82, 2.24) is 19.8 Å². The second-order valence-corrected chi connectivity index (χ2v) is 9.26.